The number of rotatable bonds is 7. The average Bonchev–Trinajstić information content (AvgIpc) is 2.81. The fourth-order valence-corrected chi connectivity index (χ4v) is 3.25. The van der Waals surface area contributed by atoms with Gasteiger partial charge in [0.25, 0.3) is 0 Å². The molecule has 0 aliphatic rings. The maximum Gasteiger partial charge on any atom is 0.352 e. The highest BCUT2D eigenvalue weighted by molar-refractivity contribution is 7.89. The van der Waals surface area contributed by atoms with Crippen molar-refractivity contribution in [3.63, 3.8) is 0 Å². The van der Waals surface area contributed by atoms with Crippen molar-refractivity contribution in [2.45, 2.75) is 31.7 Å². The van der Waals surface area contributed by atoms with Gasteiger partial charge in [0.2, 0.25) is 10.0 Å². The number of aryl methyl sites for hydroxylation is 1. The van der Waals surface area contributed by atoms with Gasteiger partial charge in [0.05, 0.1) is 6.54 Å². The molecule has 110 valence electrons. The van der Waals surface area contributed by atoms with Crippen LogP contribution in [0.15, 0.2) is 17.2 Å². The molecule has 0 aliphatic heterocycles. The van der Waals surface area contributed by atoms with Gasteiger partial charge in [0.15, 0.2) is 0 Å². The molecule has 0 aromatic carbocycles. The number of carbonyl (C=O) groups is 1. The number of hydrogen-bond acceptors (Lipinski definition) is 3. The van der Waals surface area contributed by atoms with E-state index in [4.69, 9.17) is 11.5 Å². The highest BCUT2D eigenvalue weighted by Crippen LogP contribution is 2.19. The number of hydrogen-bond donors (Lipinski definition) is 1. The van der Waals surface area contributed by atoms with Crippen LogP contribution in [0.2, 0.25) is 0 Å². The van der Waals surface area contributed by atoms with Crippen molar-refractivity contribution >= 4 is 16.0 Å². The van der Waals surface area contributed by atoms with Crippen LogP contribution >= 0.6 is 0 Å². The summed E-state index contributed by atoms with van der Waals surface area (Å²) in [6.07, 6.45) is 7.21. The number of carboxylic acids is 1. The Kier molecular flexibility index (Phi) is 5.36. The first-order valence-corrected chi connectivity index (χ1v) is 7.69. The summed E-state index contributed by atoms with van der Waals surface area (Å²) in [6.45, 7) is 4.19. The second kappa shape index (κ2) is 6.59. The lowest BCUT2D eigenvalue weighted by molar-refractivity contribution is 0.0685. The van der Waals surface area contributed by atoms with Crippen molar-refractivity contribution in [3.05, 3.63) is 18.0 Å². The van der Waals surface area contributed by atoms with Gasteiger partial charge in [-0.25, -0.2) is 13.2 Å². The van der Waals surface area contributed by atoms with E-state index in [0.717, 1.165) is 4.31 Å². The lowest BCUT2D eigenvalue weighted by atomic mass is 10.4. The summed E-state index contributed by atoms with van der Waals surface area (Å²) in [7, 11) is -3.76. The number of nitrogens with zero attached hydrogens (tertiary/aromatic N) is 2. The Labute approximate surface area is 119 Å². The lowest BCUT2D eigenvalue weighted by Crippen LogP contribution is -2.31. The SMILES string of the molecule is C#CCN(CC)S(=O)(=O)c1cc(C(=O)O)n(CCC)c1. The van der Waals surface area contributed by atoms with Crippen molar-refractivity contribution in [1.82, 2.24) is 8.87 Å². The highest BCUT2D eigenvalue weighted by Gasteiger charge is 2.26. The normalized spacial score (nSPS) is 11.5. The minimum atomic E-state index is -3.76. The molecular weight excluding hydrogens is 280 g/mol. The van der Waals surface area contributed by atoms with E-state index in [1.54, 1.807) is 6.92 Å². The Hall–Kier alpha value is -1.78. The Morgan fingerprint density at radius 2 is 2.15 bits per heavy atom. The Balaban J connectivity index is 3.29. The molecule has 0 unspecified atom stereocenters. The van der Waals surface area contributed by atoms with Crippen molar-refractivity contribution < 1.29 is 18.3 Å². The summed E-state index contributed by atoms with van der Waals surface area (Å²) in [5, 5.41) is 9.11. The number of carboxylic acid groups (broad SMARTS) is 1. The molecule has 0 radical (unpaired) electrons. The van der Waals surface area contributed by atoms with E-state index in [9.17, 15) is 13.2 Å². The van der Waals surface area contributed by atoms with Gasteiger partial charge in [-0.15, -0.1) is 6.42 Å². The van der Waals surface area contributed by atoms with Crippen LogP contribution in [-0.4, -0.2) is 41.5 Å². The van der Waals surface area contributed by atoms with Crippen molar-refractivity contribution in [3.8, 4) is 12.3 Å². The second-order valence-corrected chi connectivity index (χ2v) is 6.13. The summed E-state index contributed by atoms with van der Waals surface area (Å²) < 4.78 is 27.3. The van der Waals surface area contributed by atoms with Crippen molar-refractivity contribution in [2.24, 2.45) is 0 Å². The van der Waals surface area contributed by atoms with E-state index in [0.29, 0.717) is 13.0 Å². The van der Waals surface area contributed by atoms with Gasteiger partial charge in [0, 0.05) is 19.3 Å². The molecule has 6 nitrogen and oxygen atoms in total. The molecule has 0 atom stereocenters. The van der Waals surface area contributed by atoms with Crippen LogP contribution < -0.4 is 0 Å². The van der Waals surface area contributed by atoms with Crippen LogP contribution in [0, 0.1) is 12.3 Å². The smallest absolute Gasteiger partial charge is 0.352 e. The zero-order valence-electron chi connectivity index (χ0n) is 11.5. The molecule has 0 fully saturated rings. The van der Waals surface area contributed by atoms with Crippen molar-refractivity contribution in [2.75, 3.05) is 13.1 Å². The molecule has 1 aromatic heterocycles. The third-order valence-electron chi connectivity index (χ3n) is 2.81. The zero-order chi connectivity index (χ0) is 15.3. The Bertz CT molecular complexity index is 625. The summed E-state index contributed by atoms with van der Waals surface area (Å²) >= 11 is 0. The minimum Gasteiger partial charge on any atom is -0.477 e. The van der Waals surface area contributed by atoms with Crippen molar-refractivity contribution in [1.29, 1.82) is 0 Å². The predicted octanol–water partition coefficient (Wildman–Crippen LogP) is 1.24. The Morgan fingerprint density at radius 3 is 2.60 bits per heavy atom. The molecule has 1 rings (SSSR count). The maximum absolute atomic E-state index is 12.4. The van der Waals surface area contributed by atoms with Gasteiger partial charge in [-0.3, -0.25) is 0 Å². The summed E-state index contributed by atoms with van der Waals surface area (Å²) in [4.78, 5) is 11.1. The first-order chi connectivity index (χ1) is 9.38. The molecule has 0 bridgehead atoms. The third-order valence-corrected chi connectivity index (χ3v) is 4.70. The molecule has 0 saturated carbocycles. The van der Waals surface area contributed by atoms with E-state index in [1.807, 2.05) is 6.92 Å². The predicted molar refractivity (Wildman–Crippen MR) is 74.9 cm³/mol. The van der Waals surface area contributed by atoms with Crippen LogP contribution in [0.25, 0.3) is 0 Å². The molecule has 0 aliphatic carbocycles. The van der Waals surface area contributed by atoms with E-state index in [1.165, 1.54) is 16.8 Å². The van der Waals surface area contributed by atoms with E-state index >= 15 is 0 Å². The van der Waals surface area contributed by atoms with Crippen LogP contribution in [-0.2, 0) is 16.6 Å². The Morgan fingerprint density at radius 1 is 1.50 bits per heavy atom. The van der Waals surface area contributed by atoms with E-state index in [-0.39, 0.29) is 23.7 Å². The number of sulfonamides is 1. The molecule has 1 N–H and O–H groups in total. The fraction of sp³-hybridized carbons (Fsp3) is 0.462. The topological polar surface area (TPSA) is 79.6 Å². The van der Waals surface area contributed by atoms with Crippen LogP contribution in [0.5, 0.6) is 0 Å². The second-order valence-electron chi connectivity index (χ2n) is 4.19. The van der Waals surface area contributed by atoms with Gasteiger partial charge in [-0.2, -0.15) is 4.31 Å². The van der Waals surface area contributed by atoms with E-state index in [2.05, 4.69) is 5.92 Å². The largest absolute Gasteiger partial charge is 0.477 e. The molecule has 1 heterocycles. The molecule has 0 spiro atoms. The number of terminal acetylenes is 1. The maximum atomic E-state index is 12.4. The monoisotopic (exact) mass is 298 g/mol. The summed E-state index contributed by atoms with van der Waals surface area (Å²) in [5.74, 6) is 1.13. The standard InChI is InChI=1S/C13H18N2O4S/c1-4-7-14-10-11(9-12(14)13(16)17)20(18,19)15(6-3)8-5-2/h2,9-10H,4,6-8H2,1,3H3,(H,16,17). The molecule has 20 heavy (non-hydrogen) atoms. The first-order valence-electron chi connectivity index (χ1n) is 6.25. The van der Waals surface area contributed by atoms with Gasteiger partial charge in [0.1, 0.15) is 10.6 Å². The molecule has 0 saturated heterocycles. The molecule has 1 aromatic rings. The van der Waals surface area contributed by atoms with E-state index < -0.39 is 16.0 Å². The summed E-state index contributed by atoms with van der Waals surface area (Å²) in [5.41, 5.74) is -0.0396. The van der Waals surface area contributed by atoms with Gasteiger partial charge in [-0.1, -0.05) is 19.8 Å². The summed E-state index contributed by atoms with van der Waals surface area (Å²) in [6, 6.07) is 1.17. The minimum absolute atomic E-state index is 0.0396. The third kappa shape index (κ3) is 3.21. The number of aromatic carboxylic acids is 1. The molecule has 0 amide bonds. The molecular formula is C13H18N2O4S. The zero-order valence-corrected chi connectivity index (χ0v) is 12.4. The molecule has 7 heteroatoms. The first kappa shape index (κ1) is 16.3. The highest BCUT2D eigenvalue weighted by atomic mass is 32.2. The number of aromatic nitrogens is 1. The van der Waals surface area contributed by atoms with Crippen LogP contribution in [0.3, 0.4) is 0 Å². The quantitative estimate of drug-likeness (QED) is 0.768. The lowest BCUT2D eigenvalue weighted by Gasteiger charge is -2.16. The average molecular weight is 298 g/mol. The van der Waals surface area contributed by atoms with Gasteiger partial charge < -0.3 is 9.67 Å². The van der Waals surface area contributed by atoms with Gasteiger partial charge in [-0.05, 0) is 12.5 Å². The van der Waals surface area contributed by atoms with Crippen LogP contribution in [0.4, 0.5) is 0 Å². The van der Waals surface area contributed by atoms with Gasteiger partial charge >= 0.3 is 5.97 Å². The fourth-order valence-electron chi connectivity index (χ4n) is 1.85. The van der Waals surface area contributed by atoms with Crippen LogP contribution in [0.1, 0.15) is 30.8 Å².